The van der Waals surface area contributed by atoms with Gasteiger partial charge in [-0.2, -0.15) is 0 Å². The molecular formula is C22H28N2O. The van der Waals surface area contributed by atoms with Gasteiger partial charge in [-0.3, -0.25) is 4.79 Å². The van der Waals surface area contributed by atoms with Crippen LogP contribution in [-0.4, -0.2) is 18.0 Å². The molecule has 0 aliphatic heterocycles. The van der Waals surface area contributed by atoms with Gasteiger partial charge in [0.25, 0.3) is 5.91 Å². The first-order chi connectivity index (χ1) is 12.0. The van der Waals surface area contributed by atoms with Gasteiger partial charge in [0.1, 0.15) is 0 Å². The van der Waals surface area contributed by atoms with E-state index in [1.807, 2.05) is 31.2 Å². The van der Waals surface area contributed by atoms with Gasteiger partial charge >= 0.3 is 0 Å². The molecular weight excluding hydrogens is 308 g/mol. The van der Waals surface area contributed by atoms with Crippen molar-refractivity contribution >= 4 is 5.91 Å². The molecule has 0 spiro atoms. The molecule has 0 unspecified atom stereocenters. The molecule has 0 aromatic heterocycles. The number of nitrogens with two attached hydrogens (primary N) is 1. The summed E-state index contributed by atoms with van der Waals surface area (Å²) < 4.78 is 0. The predicted molar refractivity (Wildman–Crippen MR) is 103 cm³/mol. The Morgan fingerprint density at radius 1 is 1.08 bits per heavy atom. The molecule has 3 heteroatoms. The van der Waals surface area contributed by atoms with Crippen molar-refractivity contribution in [1.82, 2.24) is 5.32 Å². The van der Waals surface area contributed by atoms with Crippen LogP contribution in [-0.2, 0) is 6.42 Å². The van der Waals surface area contributed by atoms with Crippen LogP contribution in [0.25, 0.3) is 0 Å². The molecule has 0 bridgehead atoms. The van der Waals surface area contributed by atoms with Crippen LogP contribution in [0, 0.1) is 12.8 Å². The molecule has 0 saturated heterocycles. The second-order valence-electron chi connectivity index (χ2n) is 7.54. The van der Waals surface area contributed by atoms with Crippen molar-refractivity contribution in [3.63, 3.8) is 0 Å². The highest BCUT2D eigenvalue weighted by molar-refractivity contribution is 5.94. The first kappa shape index (κ1) is 17.7. The molecule has 1 aliphatic rings. The Kier molecular flexibility index (Phi) is 5.54. The molecule has 1 aliphatic carbocycles. The summed E-state index contributed by atoms with van der Waals surface area (Å²) in [5, 5.41) is 3.03. The van der Waals surface area contributed by atoms with Crippen LogP contribution in [0.3, 0.4) is 0 Å². The highest BCUT2D eigenvalue weighted by atomic mass is 16.1. The molecule has 25 heavy (non-hydrogen) atoms. The van der Waals surface area contributed by atoms with Crippen LogP contribution in [0.4, 0.5) is 0 Å². The van der Waals surface area contributed by atoms with Gasteiger partial charge in [-0.05, 0) is 62.6 Å². The van der Waals surface area contributed by atoms with Crippen LogP contribution in [0.5, 0.6) is 0 Å². The lowest BCUT2D eigenvalue weighted by atomic mass is 9.75. The normalized spacial score (nSPS) is 23.2. The zero-order valence-corrected chi connectivity index (χ0v) is 15.0. The maximum absolute atomic E-state index is 12.3. The number of aryl methyl sites for hydroxylation is 1. The fraction of sp³-hybridized carbons (Fsp3) is 0.409. The first-order valence-corrected chi connectivity index (χ1v) is 9.22. The average Bonchev–Trinajstić information content (AvgIpc) is 2.63. The van der Waals surface area contributed by atoms with Gasteiger partial charge in [0, 0.05) is 17.6 Å². The van der Waals surface area contributed by atoms with Crippen LogP contribution < -0.4 is 11.1 Å². The van der Waals surface area contributed by atoms with Gasteiger partial charge in [0.2, 0.25) is 0 Å². The van der Waals surface area contributed by atoms with Crippen LogP contribution in [0.1, 0.15) is 47.2 Å². The predicted octanol–water partition coefficient (Wildman–Crippen LogP) is 3.86. The van der Waals surface area contributed by atoms with Crippen LogP contribution in [0.15, 0.2) is 54.6 Å². The van der Waals surface area contributed by atoms with Crippen molar-refractivity contribution < 1.29 is 4.79 Å². The Morgan fingerprint density at radius 2 is 1.72 bits per heavy atom. The molecule has 1 amide bonds. The molecule has 3 rings (SSSR count). The molecule has 132 valence electrons. The lowest BCUT2D eigenvalue weighted by Crippen LogP contribution is -2.52. The second-order valence-corrected chi connectivity index (χ2v) is 7.54. The van der Waals surface area contributed by atoms with E-state index in [1.54, 1.807) is 0 Å². The third kappa shape index (κ3) is 4.93. The average molecular weight is 336 g/mol. The second kappa shape index (κ2) is 7.83. The number of carbonyl (C=O) groups excluding carboxylic acids is 1. The van der Waals surface area contributed by atoms with E-state index in [9.17, 15) is 4.79 Å². The van der Waals surface area contributed by atoms with E-state index >= 15 is 0 Å². The van der Waals surface area contributed by atoms with Crippen LogP contribution in [0.2, 0.25) is 0 Å². The molecule has 3 N–H and O–H groups in total. The summed E-state index contributed by atoms with van der Waals surface area (Å²) in [7, 11) is 0. The number of amides is 1. The minimum Gasteiger partial charge on any atom is -0.350 e. The summed E-state index contributed by atoms with van der Waals surface area (Å²) in [5.74, 6) is 0.670. The minimum atomic E-state index is -0.270. The van der Waals surface area contributed by atoms with Crippen LogP contribution >= 0.6 is 0 Å². The third-order valence-corrected chi connectivity index (χ3v) is 5.38. The van der Waals surface area contributed by atoms with Crippen molar-refractivity contribution in [3.8, 4) is 0 Å². The summed E-state index contributed by atoms with van der Waals surface area (Å²) >= 11 is 0. The van der Waals surface area contributed by atoms with Crippen molar-refractivity contribution in [3.05, 3.63) is 71.3 Å². The number of nitrogens with one attached hydrogen (secondary N) is 1. The van der Waals surface area contributed by atoms with E-state index in [-0.39, 0.29) is 11.4 Å². The Morgan fingerprint density at radius 3 is 2.36 bits per heavy atom. The lowest BCUT2D eigenvalue weighted by molar-refractivity contribution is 0.0934. The fourth-order valence-corrected chi connectivity index (χ4v) is 3.64. The zero-order valence-electron chi connectivity index (χ0n) is 15.0. The Labute approximate surface area is 150 Å². The van der Waals surface area contributed by atoms with Gasteiger partial charge < -0.3 is 11.1 Å². The van der Waals surface area contributed by atoms with Gasteiger partial charge in [-0.15, -0.1) is 0 Å². The fourth-order valence-electron chi connectivity index (χ4n) is 3.64. The minimum absolute atomic E-state index is 0.0313. The number of hydrogen-bond donors (Lipinski definition) is 2. The molecule has 0 atom stereocenters. The highest BCUT2D eigenvalue weighted by Crippen LogP contribution is 2.32. The standard InChI is InChI=1S/C22H28N2O/c1-17-7-9-20(10-8-17)21(25)24-16-22(23)13-11-19(12-14-22)15-18-5-3-2-4-6-18/h2-10,19H,11-16,23H2,1H3,(H,24,25). The van der Waals surface area contributed by atoms with E-state index in [0.29, 0.717) is 18.0 Å². The molecule has 0 radical (unpaired) electrons. The molecule has 2 aromatic rings. The smallest absolute Gasteiger partial charge is 0.251 e. The lowest BCUT2D eigenvalue weighted by Gasteiger charge is -2.37. The zero-order chi connectivity index (χ0) is 17.7. The Balaban J connectivity index is 1.47. The highest BCUT2D eigenvalue weighted by Gasteiger charge is 2.32. The van der Waals surface area contributed by atoms with Crippen molar-refractivity contribution in [1.29, 1.82) is 0 Å². The summed E-state index contributed by atoms with van der Waals surface area (Å²) in [5.41, 5.74) is 9.54. The van der Waals surface area contributed by atoms with Gasteiger partial charge in [-0.1, -0.05) is 48.0 Å². The van der Waals surface area contributed by atoms with Crippen molar-refractivity contribution in [2.45, 2.75) is 44.6 Å². The number of hydrogen-bond acceptors (Lipinski definition) is 2. The monoisotopic (exact) mass is 336 g/mol. The molecule has 2 aromatic carbocycles. The third-order valence-electron chi connectivity index (χ3n) is 5.38. The quantitative estimate of drug-likeness (QED) is 0.871. The van der Waals surface area contributed by atoms with E-state index < -0.39 is 0 Å². The van der Waals surface area contributed by atoms with Crippen molar-refractivity contribution in [2.24, 2.45) is 11.7 Å². The summed E-state index contributed by atoms with van der Waals surface area (Å²) in [6.07, 6.45) is 5.33. The van der Waals surface area contributed by atoms with Gasteiger partial charge in [0.15, 0.2) is 0 Å². The SMILES string of the molecule is Cc1ccc(C(=O)NCC2(N)CCC(Cc3ccccc3)CC2)cc1. The first-order valence-electron chi connectivity index (χ1n) is 9.22. The largest absolute Gasteiger partial charge is 0.350 e. The topological polar surface area (TPSA) is 55.1 Å². The molecule has 1 fully saturated rings. The van der Waals surface area contributed by atoms with Crippen molar-refractivity contribution in [2.75, 3.05) is 6.54 Å². The molecule has 0 heterocycles. The van der Waals surface area contributed by atoms with E-state index in [1.165, 1.54) is 5.56 Å². The number of benzene rings is 2. The molecule has 1 saturated carbocycles. The van der Waals surface area contributed by atoms with E-state index in [0.717, 1.165) is 37.7 Å². The van der Waals surface area contributed by atoms with E-state index in [2.05, 4.69) is 35.6 Å². The van der Waals surface area contributed by atoms with Gasteiger partial charge in [0.05, 0.1) is 0 Å². The maximum atomic E-state index is 12.3. The summed E-state index contributed by atoms with van der Waals surface area (Å²) in [4.78, 5) is 12.3. The Hall–Kier alpha value is -2.13. The maximum Gasteiger partial charge on any atom is 0.251 e. The van der Waals surface area contributed by atoms with Gasteiger partial charge in [-0.25, -0.2) is 0 Å². The number of carbonyl (C=O) groups is 1. The molecule has 3 nitrogen and oxygen atoms in total. The summed E-state index contributed by atoms with van der Waals surface area (Å²) in [6.45, 7) is 2.57. The Bertz CT molecular complexity index is 686. The number of rotatable bonds is 5. The summed E-state index contributed by atoms with van der Waals surface area (Å²) in [6, 6.07) is 18.3. The van der Waals surface area contributed by atoms with E-state index in [4.69, 9.17) is 5.73 Å².